The largest absolute Gasteiger partial charge is 0.314 e. The van der Waals surface area contributed by atoms with Crippen LogP contribution in [0.25, 0.3) is 0 Å². The molecule has 2 rings (SSSR count). The van der Waals surface area contributed by atoms with Crippen molar-refractivity contribution in [3.05, 3.63) is 0 Å². The fourth-order valence-electron chi connectivity index (χ4n) is 1.68. The Labute approximate surface area is 122 Å². The molecule has 4 heteroatoms. The van der Waals surface area contributed by atoms with E-state index in [1.165, 1.54) is 39.3 Å². The monoisotopic (exact) mass is 274 g/mol. The molecule has 2 saturated heterocycles. The molecule has 2 fully saturated rings. The van der Waals surface area contributed by atoms with Crippen LogP contribution in [0.4, 0.5) is 0 Å². The summed E-state index contributed by atoms with van der Waals surface area (Å²) < 4.78 is 0. The normalized spacial score (nSPS) is 21.0. The highest BCUT2D eigenvalue weighted by atomic mass is 15.2. The van der Waals surface area contributed by atoms with Crippen LogP contribution in [0, 0.1) is 0 Å². The zero-order valence-corrected chi connectivity index (χ0v) is 14.5. The van der Waals surface area contributed by atoms with Crippen LogP contribution < -0.4 is 5.32 Å². The van der Waals surface area contributed by atoms with Crippen molar-refractivity contribution in [1.29, 1.82) is 0 Å². The van der Waals surface area contributed by atoms with Crippen molar-refractivity contribution in [3.63, 3.8) is 0 Å². The first-order valence-corrected chi connectivity index (χ1v) is 7.95. The van der Waals surface area contributed by atoms with Crippen LogP contribution in [0.15, 0.2) is 0 Å². The van der Waals surface area contributed by atoms with E-state index in [9.17, 15) is 0 Å². The van der Waals surface area contributed by atoms with Gasteiger partial charge in [0, 0.05) is 52.4 Å². The van der Waals surface area contributed by atoms with Crippen LogP contribution in [0.2, 0.25) is 0 Å². The molecule has 0 aromatic carbocycles. The van der Waals surface area contributed by atoms with Gasteiger partial charge in [0.25, 0.3) is 0 Å². The highest BCUT2D eigenvalue weighted by Crippen LogP contribution is 1.93. The second-order valence-electron chi connectivity index (χ2n) is 4.66. The summed E-state index contributed by atoms with van der Waals surface area (Å²) in [6, 6.07) is 0. The van der Waals surface area contributed by atoms with E-state index in [1.807, 2.05) is 27.7 Å². The van der Waals surface area contributed by atoms with Gasteiger partial charge in [-0.3, -0.25) is 0 Å². The fourth-order valence-corrected chi connectivity index (χ4v) is 1.68. The van der Waals surface area contributed by atoms with Crippen molar-refractivity contribution >= 4 is 0 Å². The van der Waals surface area contributed by atoms with E-state index in [1.54, 1.807) is 0 Å². The van der Waals surface area contributed by atoms with E-state index >= 15 is 0 Å². The zero-order chi connectivity index (χ0) is 15.1. The molecule has 0 aromatic heterocycles. The summed E-state index contributed by atoms with van der Waals surface area (Å²) in [4.78, 5) is 7.05. The predicted octanol–water partition coefficient (Wildman–Crippen LogP) is 1.44. The average Bonchev–Trinajstić information content (AvgIpc) is 2.48. The molecule has 4 nitrogen and oxygen atoms in total. The molecule has 0 aromatic rings. The number of nitrogens with zero attached hydrogens (tertiary/aromatic N) is 3. The van der Waals surface area contributed by atoms with Crippen LogP contribution in [-0.2, 0) is 0 Å². The molecular formula is C15H38N4. The highest BCUT2D eigenvalue weighted by molar-refractivity contribution is 4.64. The van der Waals surface area contributed by atoms with Crippen LogP contribution in [0.3, 0.4) is 0 Å². The highest BCUT2D eigenvalue weighted by Gasteiger charge is 2.07. The first kappa shape index (κ1) is 21.1. The van der Waals surface area contributed by atoms with E-state index in [0.29, 0.717) is 0 Å². The molecule has 0 amide bonds. The number of rotatable bonds is 0. The standard InChI is InChI=1S/C6H14N2.C5H12N2.2C2H6/c1-7-3-5-8(2)6-4-7;1-7-4-2-6-3-5-7;2*1-2/h3-6H2,1-2H3;6H,2-5H2,1H3;2*1-2H3. The molecule has 19 heavy (non-hydrogen) atoms. The van der Waals surface area contributed by atoms with E-state index in [4.69, 9.17) is 0 Å². The van der Waals surface area contributed by atoms with Crippen LogP contribution in [-0.4, -0.2) is 88.2 Å². The molecule has 2 heterocycles. The number of piperazine rings is 2. The Hall–Kier alpha value is -0.160. The minimum absolute atomic E-state index is 1.16. The Bertz CT molecular complexity index is 140. The van der Waals surface area contributed by atoms with Gasteiger partial charge in [0.2, 0.25) is 0 Å². The van der Waals surface area contributed by atoms with Gasteiger partial charge in [0.1, 0.15) is 0 Å². The Morgan fingerprint density at radius 2 is 0.789 bits per heavy atom. The van der Waals surface area contributed by atoms with Crippen molar-refractivity contribution in [2.24, 2.45) is 0 Å². The molecule has 2 aliphatic rings. The lowest BCUT2D eigenvalue weighted by atomic mass is 10.4. The van der Waals surface area contributed by atoms with Crippen LogP contribution >= 0.6 is 0 Å². The lowest BCUT2D eigenvalue weighted by Gasteiger charge is -2.28. The second-order valence-corrected chi connectivity index (χ2v) is 4.66. The van der Waals surface area contributed by atoms with Crippen LogP contribution in [0.5, 0.6) is 0 Å². The van der Waals surface area contributed by atoms with Gasteiger partial charge >= 0.3 is 0 Å². The first-order chi connectivity index (χ1) is 9.18. The SMILES string of the molecule is CC.CC.CN1CCN(C)CC1.CN1CCNCC1. The van der Waals surface area contributed by atoms with Gasteiger partial charge in [0.05, 0.1) is 0 Å². The van der Waals surface area contributed by atoms with Crippen molar-refractivity contribution < 1.29 is 0 Å². The first-order valence-electron chi connectivity index (χ1n) is 7.95. The molecule has 2 aliphatic heterocycles. The van der Waals surface area contributed by atoms with Crippen molar-refractivity contribution in [2.75, 3.05) is 73.5 Å². The third-order valence-electron chi connectivity index (χ3n) is 3.07. The predicted molar refractivity (Wildman–Crippen MR) is 88.1 cm³/mol. The minimum Gasteiger partial charge on any atom is -0.314 e. The summed E-state index contributed by atoms with van der Waals surface area (Å²) in [6.07, 6.45) is 0. The lowest BCUT2D eigenvalue weighted by molar-refractivity contribution is 0.181. The molecule has 0 atom stereocenters. The van der Waals surface area contributed by atoms with Crippen molar-refractivity contribution in [3.8, 4) is 0 Å². The zero-order valence-electron chi connectivity index (χ0n) is 14.5. The summed E-state index contributed by atoms with van der Waals surface area (Å²) in [7, 11) is 6.50. The maximum absolute atomic E-state index is 3.27. The van der Waals surface area contributed by atoms with Crippen LogP contribution in [0.1, 0.15) is 27.7 Å². The molecule has 0 aliphatic carbocycles. The molecule has 0 spiro atoms. The summed E-state index contributed by atoms with van der Waals surface area (Å²) in [5, 5.41) is 3.27. The van der Waals surface area contributed by atoms with Gasteiger partial charge < -0.3 is 20.0 Å². The summed E-state index contributed by atoms with van der Waals surface area (Å²) in [5.41, 5.74) is 0. The van der Waals surface area contributed by atoms with E-state index in [2.05, 4.69) is 41.2 Å². The average molecular weight is 274 g/mol. The third-order valence-corrected chi connectivity index (χ3v) is 3.07. The van der Waals surface area contributed by atoms with Gasteiger partial charge in [-0.15, -0.1) is 0 Å². The molecule has 118 valence electrons. The molecular weight excluding hydrogens is 236 g/mol. The molecule has 0 saturated carbocycles. The number of likely N-dealkylation sites (N-methyl/N-ethyl adjacent to an activating group) is 3. The number of nitrogens with one attached hydrogen (secondary N) is 1. The van der Waals surface area contributed by atoms with Gasteiger partial charge in [-0.25, -0.2) is 0 Å². The van der Waals surface area contributed by atoms with Gasteiger partial charge in [-0.05, 0) is 21.1 Å². The molecule has 0 radical (unpaired) electrons. The molecule has 0 bridgehead atoms. The van der Waals surface area contributed by atoms with Crippen molar-refractivity contribution in [1.82, 2.24) is 20.0 Å². The van der Waals surface area contributed by atoms with E-state index < -0.39 is 0 Å². The maximum Gasteiger partial charge on any atom is 0.0107 e. The Morgan fingerprint density at radius 1 is 0.526 bits per heavy atom. The second kappa shape index (κ2) is 15.9. The molecule has 1 N–H and O–H groups in total. The Morgan fingerprint density at radius 3 is 1.00 bits per heavy atom. The summed E-state index contributed by atoms with van der Waals surface area (Å²) >= 11 is 0. The molecule has 0 unspecified atom stereocenters. The van der Waals surface area contributed by atoms with Crippen molar-refractivity contribution in [2.45, 2.75) is 27.7 Å². The lowest BCUT2D eigenvalue weighted by Crippen LogP contribution is -2.42. The summed E-state index contributed by atoms with van der Waals surface area (Å²) in [5.74, 6) is 0. The topological polar surface area (TPSA) is 21.8 Å². The number of hydrogen-bond donors (Lipinski definition) is 1. The minimum atomic E-state index is 1.16. The quantitative estimate of drug-likeness (QED) is 0.721. The smallest absolute Gasteiger partial charge is 0.0107 e. The van der Waals surface area contributed by atoms with Gasteiger partial charge in [-0.2, -0.15) is 0 Å². The van der Waals surface area contributed by atoms with Gasteiger partial charge in [0.15, 0.2) is 0 Å². The van der Waals surface area contributed by atoms with Gasteiger partial charge in [-0.1, -0.05) is 27.7 Å². The number of hydrogen-bond acceptors (Lipinski definition) is 4. The maximum atomic E-state index is 3.27. The fraction of sp³-hybridized carbons (Fsp3) is 1.00. The van der Waals surface area contributed by atoms with E-state index in [0.717, 1.165) is 13.1 Å². The Balaban J connectivity index is 0. The summed E-state index contributed by atoms with van der Waals surface area (Å²) in [6.45, 7) is 17.7. The third kappa shape index (κ3) is 14.1. The van der Waals surface area contributed by atoms with E-state index in [-0.39, 0.29) is 0 Å². The Kier molecular flexibility index (Phi) is 17.7.